The zero-order valence-corrected chi connectivity index (χ0v) is 12.4. The van der Waals surface area contributed by atoms with Crippen molar-refractivity contribution < 1.29 is 4.79 Å². The van der Waals surface area contributed by atoms with Gasteiger partial charge in [-0.2, -0.15) is 0 Å². The number of nitrogens with one attached hydrogen (secondary N) is 1. The second-order valence-corrected chi connectivity index (χ2v) is 6.42. The average molecular weight is 280 g/mol. The van der Waals surface area contributed by atoms with Crippen LogP contribution in [0.15, 0.2) is 17.5 Å². The topological polar surface area (TPSA) is 55.1 Å². The molecule has 0 saturated heterocycles. The van der Waals surface area contributed by atoms with E-state index in [1.807, 2.05) is 0 Å². The van der Waals surface area contributed by atoms with Crippen molar-refractivity contribution in [2.75, 3.05) is 0 Å². The van der Waals surface area contributed by atoms with Gasteiger partial charge < -0.3 is 11.1 Å². The van der Waals surface area contributed by atoms with Gasteiger partial charge in [0.1, 0.15) is 0 Å². The molecule has 19 heavy (non-hydrogen) atoms. The van der Waals surface area contributed by atoms with Gasteiger partial charge in [0.05, 0.1) is 12.1 Å². The summed E-state index contributed by atoms with van der Waals surface area (Å²) in [7, 11) is 0. The third-order valence-corrected chi connectivity index (χ3v) is 4.91. The molecule has 1 aliphatic rings. The third-order valence-electron chi connectivity index (χ3n) is 3.96. The monoisotopic (exact) mass is 280 g/mol. The Balaban J connectivity index is 2.03. The quantitative estimate of drug-likeness (QED) is 0.840. The summed E-state index contributed by atoms with van der Waals surface area (Å²) in [4.78, 5) is 13.4. The number of thiophene rings is 1. The lowest BCUT2D eigenvalue weighted by Gasteiger charge is -2.25. The molecule has 1 amide bonds. The van der Waals surface area contributed by atoms with Gasteiger partial charge in [-0.05, 0) is 36.6 Å². The van der Waals surface area contributed by atoms with Crippen molar-refractivity contribution in [3.63, 3.8) is 0 Å². The van der Waals surface area contributed by atoms with Crippen LogP contribution in [0.4, 0.5) is 0 Å². The van der Waals surface area contributed by atoms with Crippen molar-refractivity contribution >= 4 is 17.2 Å². The van der Waals surface area contributed by atoms with Gasteiger partial charge in [-0.1, -0.05) is 32.3 Å². The van der Waals surface area contributed by atoms with Crippen molar-refractivity contribution in [1.82, 2.24) is 5.32 Å². The third kappa shape index (κ3) is 3.80. The Morgan fingerprint density at radius 3 is 2.84 bits per heavy atom. The van der Waals surface area contributed by atoms with E-state index in [2.05, 4.69) is 29.8 Å². The molecule has 2 atom stereocenters. The highest BCUT2D eigenvalue weighted by Gasteiger charge is 2.29. The highest BCUT2D eigenvalue weighted by Crippen LogP contribution is 2.37. The molecule has 3 N–H and O–H groups in total. The van der Waals surface area contributed by atoms with Crippen LogP contribution >= 0.6 is 11.3 Å². The first-order valence-corrected chi connectivity index (χ1v) is 8.19. The minimum atomic E-state index is -0.367. The molecule has 1 saturated carbocycles. The van der Waals surface area contributed by atoms with E-state index in [4.69, 9.17) is 5.73 Å². The van der Waals surface area contributed by atoms with Crippen LogP contribution < -0.4 is 11.1 Å². The van der Waals surface area contributed by atoms with Gasteiger partial charge in [0.25, 0.3) is 0 Å². The lowest BCUT2D eigenvalue weighted by Crippen LogP contribution is -2.43. The number of carbonyl (C=O) groups excluding carboxylic acids is 1. The molecule has 1 aliphatic carbocycles. The van der Waals surface area contributed by atoms with E-state index in [1.54, 1.807) is 11.3 Å². The van der Waals surface area contributed by atoms with E-state index < -0.39 is 0 Å². The number of rotatable bonds is 6. The van der Waals surface area contributed by atoms with Gasteiger partial charge in [0.2, 0.25) is 5.91 Å². The van der Waals surface area contributed by atoms with Crippen LogP contribution in [0.2, 0.25) is 0 Å². The minimum Gasteiger partial charge on any atom is -0.347 e. The van der Waals surface area contributed by atoms with Gasteiger partial charge in [-0.25, -0.2) is 0 Å². The maximum Gasteiger partial charge on any atom is 0.237 e. The summed E-state index contributed by atoms with van der Waals surface area (Å²) in [5, 5.41) is 5.27. The molecule has 1 aromatic rings. The normalized spacial score (nSPS) is 19.3. The lowest BCUT2D eigenvalue weighted by atomic mass is 9.96. The van der Waals surface area contributed by atoms with Gasteiger partial charge in [0, 0.05) is 4.88 Å². The van der Waals surface area contributed by atoms with Crippen molar-refractivity contribution in [2.45, 2.75) is 57.5 Å². The zero-order chi connectivity index (χ0) is 13.7. The number of hydrogen-bond acceptors (Lipinski definition) is 3. The Bertz CT molecular complexity index is 385. The number of amides is 1. The van der Waals surface area contributed by atoms with Crippen LogP contribution in [0.5, 0.6) is 0 Å². The smallest absolute Gasteiger partial charge is 0.237 e. The maximum absolute atomic E-state index is 12.2. The first kappa shape index (κ1) is 14.5. The summed E-state index contributed by atoms with van der Waals surface area (Å²) in [6.45, 7) is 2.06. The molecule has 0 aromatic carbocycles. The highest BCUT2D eigenvalue weighted by atomic mass is 32.1. The Morgan fingerprint density at radius 2 is 2.26 bits per heavy atom. The molecule has 2 unspecified atom stereocenters. The van der Waals surface area contributed by atoms with Crippen LogP contribution in [-0.4, -0.2) is 11.9 Å². The largest absolute Gasteiger partial charge is 0.347 e. The first-order valence-electron chi connectivity index (χ1n) is 7.31. The summed E-state index contributed by atoms with van der Waals surface area (Å²) in [6.07, 6.45) is 6.69. The second-order valence-electron chi connectivity index (χ2n) is 5.44. The Hall–Kier alpha value is -0.870. The maximum atomic E-state index is 12.2. The molecule has 2 rings (SSSR count). The zero-order valence-electron chi connectivity index (χ0n) is 11.6. The van der Waals surface area contributed by atoms with Crippen LogP contribution in [0.1, 0.15) is 56.4 Å². The van der Waals surface area contributed by atoms with Gasteiger partial charge >= 0.3 is 0 Å². The number of carbonyl (C=O) groups is 1. The number of nitrogens with two attached hydrogens (primary N) is 1. The molecule has 106 valence electrons. The Morgan fingerprint density at radius 1 is 1.53 bits per heavy atom. The molecule has 0 spiro atoms. The van der Waals surface area contributed by atoms with Gasteiger partial charge in [-0.3, -0.25) is 4.79 Å². The molecule has 0 bridgehead atoms. The van der Waals surface area contributed by atoms with Crippen molar-refractivity contribution in [3.05, 3.63) is 22.4 Å². The standard InChI is InChI=1S/C15H24N2OS/c1-2-6-12(16)15(18)17-14(11-7-3-4-8-11)13-9-5-10-19-13/h5,9-12,14H,2-4,6-8,16H2,1H3,(H,17,18). The predicted octanol–water partition coefficient (Wildman–Crippen LogP) is 3.22. The van der Waals surface area contributed by atoms with Gasteiger partial charge in [0.15, 0.2) is 0 Å². The fourth-order valence-corrected chi connectivity index (χ4v) is 3.75. The molecule has 4 heteroatoms. The second kappa shape index (κ2) is 7.06. The fourth-order valence-electron chi connectivity index (χ4n) is 2.88. The summed E-state index contributed by atoms with van der Waals surface area (Å²) < 4.78 is 0. The SMILES string of the molecule is CCCC(N)C(=O)NC(c1cccs1)C1CCCC1. The fraction of sp³-hybridized carbons (Fsp3) is 0.667. The molecule has 1 aromatic heterocycles. The molecular weight excluding hydrogens is 256 g/mol. The molecular formula is C15H24N2OS. The molecule has 1 fully saturated rings. The van der Waals surface area contributed by atoms with Crippen molar-refractivity contribution in [3.8, 4) is 0 Å². The van der Waals surface area contributed by atoms with E-state index in [1.165, 1.54) is 30.6 Å². The van der Waals surface area contributed by atoms with E-state index in [9.17, 15) is 4.79 Å². The van der Waals surface area contributed by atoms with Crippen LogP contribution in [0, 0.1) is 5.92 Å². The Labute approximate surface area is 119 Å². The summed E-state index contributed by atoms with van der Waals surface area (Å²) >= 11 is 1.73. The van der Waals surface area contributed by atoms with Crippen LogP contribution in [0.25, 0.3) is 0 Å². The van der Waals surface area contributed by atoms with E-state index in [0.29, 0.717) is 5.92 Å². The summed E-state index contributed by atoms with van der Waals surface area (Å²) in [6, 6.07) is 3.98. The summed E-state index contributed by atoms with van der Waals surface area (Å²) in [5.41, 5.74) is 5.92. The summed E-state index contributed by atoms with van der Waals surface area (Å²) in [5.74, 6) is 0.587. The van der Waals surface area contributed by atoms with E-state index in [0.717, 1.165) is 12.8 Å². The minimum absolute atomic E-state index is 0.00662. The number of hydrogen-bond donors (Lipinski definition) is 2. The average Bonchev–Trinajstić information content (AvgIpc) is 3.09. The van der Waals surface area contributed by atoms with Crippen molar-refractivity contribution in [2.24, 2.45) is 11.7 Å². The van der Waals surface area contributed by atoms with E-state index in [-0.39, 0.29) is 18.0 Å². The predicted molar refractivity (Wildman–Crippen MR) is 80.0 cm³/mol. The Kier molecular flexibility index (Phi) is 5.40. The molecule has 0 radical (unpaired) electrons. The molecule has 1 heterocycles. The lowest BCUT2D eigenvalue weighted by molar-refractivity contribution is -0.123. The van der Waals surface area contributed by atoms with Crippen molar-refractivity contribution in [1.29, 1.82) is 0 Å². The molecule has 0 aliphatic heterocycles. The first-order chi connectivity index (χ1) is 9.22. The van der Waals surface area contributed by atoms with Crippen LogP contribution in [-0.2, 0) is 4.79 Å². The van der Waals surface area contributed by atoms with E-state index >= 15 is 0 Å². The molecule has 3 nitrogen and oxygen atoms in total. The van der Waals surface area contributed by atoms with Crippen LogP contribution in [0.3, 0.4) is 0 Å². The van der Waals surface area contributed by atoms with Gasteiger partial charge in [-0.15, -0.1) is 11.3 Å². The highest BCUT2D eigenvalue weighted by molar-refractivity contribution is 7.10.